The molecule has 0 amide bonds. The molecular weight excluding hydrogens is 282 g/mol. The zero-order valence-electron chi connectivity index (χ0n) is 10.2. The van der Waals surface area contributed by atoms with Crippen LogP contribution < -0.4 is 5.73 Å². The number of nitrogen functional groups attached to an aromatic ring is 1. The van der Waals surface area contributed by atoms with Crippen LogP contribution in [0.2, 0.25) is 5.02 Å². The van der Waals surface area contributed by atoms with Crippen molar-refractivity contribution < 1.29 is 8.95 Å². The van der Waals surface area contributed by atoms with Crippen molar-refractivity contribution in [2.75, 3.05) is 11.7 Å². The number of nitrogens with two attached hydrogens (primary N) is 1. The number of ether oxygens (including phenoxy) is 1. The molecule has 0 heterocycles. The van der Waals surface area contributed by atoms with Gasteiger partial charge in [-0.2, -0.15) is 0 Å². The number of halogens is 1. The monoisotopic (exact) mass is 295 g/mol. The Hall–Kier alpha value is -1.36. The number of anilines is 1. The van der Waals surface area contributed by atoms with E-state index in [1.165, 1.54) is 0 Å². The summed E-state index contributed by atoms with van der Waals surface area (Å²) in [5.74, 6) is 0.0953. The molecule has 19 heavy (non-hydrogen) atoms. The molecule has 0 aliphatic heterocycles. The molecule has 2 rings (SSSR count). The van der Waals surface area contributed by atoms with Gasteiger partial charge in [-0.1, -0.05) is 41.9 Å². The van der Waals surface area contributed by atoms with E-state index >= 15 is 0 Å². The third-order valence-electron chi connectivity index (χ3n) is 2.50. The van der Waals surface area contributed by atoms with Gasteiger partial charge in [0.1, 0.15) is 5.94 Å². The average molecular weight is 296 g/mol. The number of rotatable bonds is 5. The Morgan fingerprint density at radius 1 is 1.16 bits per heavy atom. The van der Waals surface area contributed by atoms with E-state index in [2.05, 4.69) is 0 Å². The van der Waals surface area contributed by atoms with Gasteiger partial charge < -0.3 is 10.5 Å². The van der Waals surface area contributed by atoms with Gasteiger partial charge in [0, 0.05) is 5.69 Å². The van der Waals surface area contributed by atoms with Gasteiger partial charge in [-0.05, 0) is 23.8 Å². The second-order valence-electron chi connectivity index (χ2n) is 3.99. The third-order valence-corrected chi connectivity index (χ3v) is 4.15. The average Bonchev–Trinajstić information content (AvgIpc) is 2.42. The molecule has 0 saturated carbocycles. The molecule has 3 nitrogen and oxygen atoms in total. The molecule has 0 spiro atoms. The predicted molar refractivity (Wildman–Crippen MR) is 78.4 cm³/mol. The maximum atomic E-state index is 12.1. The van der Waals surface area contributed by atoms with Crippen molar-refractivity contribution in [2.45, 2.75) is 11.5 Å². The Bertz CT molecular complexity index is 575. The van der Waals surface area contributed by atoms with Crippen molar-refractivity contribution in [3.8, 4) is 0 Å². The molecule has 5 heteroatoms. The van der Waals surface area contributed by atoms with Gasteiger partial charge in [0.15, 0.2) is 0 Å². The van der Waals surface area contributed by atoms with Gasteiger partial charge in [-0.3, -0.25) is 4.21 Å². The lowest BCUT2D eigenvalue weighted by molar-refractivity contribution is 0.166. The van der Waals surface area contributed by atoms with Gasteiger partial charge in [0.05, 0.1) is 27.3 Å². The van der Waals surface area contributed by atoms with Crippen LogP contribution in [0.3, 0.4) is 0 Å². The molecule has 0 aliphatic carbocycles. The van der Waals surface area contributed by atoms with Gasteiger partial charge in [0.25, 0.3) is 0 Å². The summed E-state index contributed by atoms with van der Waals surface area (Å²) in [6.45, 7) is 0.423. The normalized spacial score (nSPS) is 12.3. The maximum Gasteiger partial charge on any atom is 0.127 e. The highest BCUT2D eigenvalue weighted by Crippen LogP contribution is 2.22. The Labute approximate surface area is 119 Å². The van der Waals surface area contributed by atoms with E-state index in [0.29, 0.717) is 22.2 Å². The van der Waals surface area contributed by atoms with Crippen molar-refractivity contribution in [1.29, 1.82) is 0 Å². The first-order valence-corrected chi connectivity index (χ1v) is 7.41. The lowest BCUT2D eigenvalue weighted by atomic mass is 10.2. The molecule has 1 atom stereocenters. The first-order valence-electron chi connectivity index (χ1n) is 5.72. The molecule has 0 saturated heterocycles. The molecule has 0 aliphatic rings. The Kier molecular flexibility index (Phi) is 4.96. The molecule has 0 radical (unpaired) electrons. The fraction of sp³-hybridized carbons (Fsp3) is 0.143. The summed E-state index contributed by atoms with van der Waals surface area (Å²) in [6.07, 6.45) is 0. The first kappa shape index (κ1) is 14.1. The number of hydrogen-bond acceptors (Lipinski definition) is 3. The molecule has 2 N–H and O–H groups in total. The van der Waals surface area contributed by atoms with Crippen LogP contribution in [0.25, 0.3) is 0 Å². The summed E-state index contributed by atoms with van der Waals surface area (Å²) >= 11 is 5.98. The van der Waals surface area contributed by atoms with Crippen molar-refractivity contribution in [2.24, 2.45) is 0 Å². The van der Waals surface area contributed by atoms with Crippen LogP contribution in [-0.4, -0.2) is 10.1 Å². The predicted octanol–water partition coefficient (Wildman–Crippen LogP) is 3.20. The molecule has 1 unspecified atom stereocenters. The largest absolute Gasteiger partial charge is 0.399 e. The Morgan fingerprint density at radius 3 is 2.63 bits per heavy atom. The molecule has 0 bridgehead atoms. The summed E-state index contributed by atoms with van der Waals surface area (Å²) in [6, 6.07) is 14.6. The zero-order valence-corrected chi connectivity index (χ0v) is 11.8. The molecule has 0 aromatic heterocycles. The summed E-state index contributed by atoms with van der Waals surface area (Å²) in [4.78, 5) is 0.509. The number of benzene rings is 2. The molecule has 2 aromatic rings. The van der Waals surface area contributed by atoms with E-state index in [1.54, 1.807) is 18.2 Å². The fourth-order valence-electron chi connectivity index (χ4n) is 1.57. The second kappa shape index (κ2) is 6.70. The van der Waals surface area contributed by atoms with Gasteiger partial charge >= 0.3 is 0 Å². The quantitative estimate of drug-likeness (QED) is 0.862. The molecular formula is C14H14ClNO2S. The highest BCUT2D eigenvalue weighted by atomic mass is 35.5. The zero-order chi connectivity index (χ0) is 13.7. The number of hydrogen-bond donors (Lipinski definition) is 1. The smallest absolute Gasteiger partial charge is 0.127 e. The second-order valence-corrected chi connectivity index (χ2v) is 5.76. The lowest BCUT2D eigenvalue weighted by Crippen LogP contribution is -2.04. The standard InChI is InChI=1S/C14H14ClNO2S/c15-13-7-6-12(16)8-14(13)19(17)10-18-9-11-4-2-1-3-5-11/h1-8H,9-10,16H2. The van der Waals surface area contributed by atoms with Crippen LogP contribution in [0.1, 0.15) is 5.56 Å². The van der Waals surface area contributed by atoms with E-state index in [4.69, 9.17) is 22.1 Å². The minimum atomic E-state index is -1.31. The van der Waals surface area contributed by atoms with Crippen LogP contribution in [0.4, 0.5) is 5.69 Å². The lowest BCUT2D eigenvalue weighted by Gasteiger charge is -2.07. The van der Waals surface area contributed by atoms with Crippen LogP contribution in [0.15, 0.2) is 53.4 Å². The first-order chi connectivity index (χ1) is 9.16. The minimum absolute atomic E-state index is 0.0953. The van der Waals surface area contributed by atoms with Crippen molar-refractivity contribution in [3.63, 3.8) is 0 Å². The van der Waals surface area contributed by atoms with Crippen LogP contribution in [-0.2, 0) is 22.1 Å². The van der Waals surface area contributed by atoms with Crippen LogP contribution in [0.5, 0.6) is 0 Å². The minimum Gasteiger partial charge on any atom is -0.399 e. The SMILES string of the molecule is Nc1ccc(Cl)c(S(=O)COCc2ccccc2)c1. The van der Waals surface area contributed by atoms with Gasteiger partial charge in [-0.25, -0.2) is 0 Å². The van der Waals surface area contributed by atoms with E-state index < -0.39 is 10.8 Å². The van der Waals surface area contributed by atoms with Crippen molar-refractivity contribution >= 4 is 28.1 Å². The molecule has 2 aromatic carbocycles. The van der Waals surface area contributed by atoms with E-state index in [0.717, 1.165) is 5.56 Å². The fourth-order valence-corrected chi connectivity index (χ4v) is 2.86. The molecule has 0 fully saturated rings. The van der Waals surface area contributed by atoms with Gasteiger partial charge in [-0.15, -0.1) is 0 Å². The Morgan fingerprint density at radius 2 is 1.89 bits per heavy atom. The molecule has 100 valence electrons. The highest BCUT2D eigenvalue weighted by molar-refractivity contribution is 7.85. The van der Waals surface area contributed by atoms with E-state index in [-0.39, 0.29) is 5.94 Å². The summed E-state index contributed by atoms with van der Waals surface area (Å²) in [5.41, 5.74) is 7.23. The van der Waals surface area contributed by atoms with Crippen molar-refractivity contribution in [3.05, 3.63) is 59.1 Å². The third kappa shape index (κ3) is 4.06. The highest BCUT2D eigenvalue weighted by Gasteiger charge is 2.09. The summed E-state index contributed by atoms with van der Waals surface area (Å²) in [5, 5.41) is 0.441. The van der Waals surface area contributed by atoms with E-state index in [1.807, 2.05) is 30.3 Å². The maximum absolute atomic E-state index is 12.1. The van der Waals surface area contributed by atoms with Crippen LogP contribution in [0, 0.1) is 0 Å². The van der Waals surface area contributed by atoms with E-state index in [9.17, 15) is 4.21 Å². The topological polar surface area (TPSA) is 52.3 Å². The van der Waals surface area contributed by atoms with Crippen LogP contribution >= 0.6 is 11.6 Å². The summed E-state index contributed by atoms with van der Waals surface area (Å²) in [7, 11) is -1.31. The van der Waals surface area contributed by atoms with Gasteiger partial charge in [0.2, 0.25) is 0 Å². The Balaban J connectivity index is 1.93. The summed E-state index contributed by atoms with van der Waals surface area (Å²) < 4.78 is 17.5. The van der Waals surface area contributed by atoms with Crippen molar-refractivity contribution in [1.82, 2.24) is 0 Å².